The third-order valence-electron chi connectivity index (χ3n) is 6.29. The second kappa shape index (κ2) is 9.32. The summed E-state index contributed by atoms with van der Waals surface area (Å²) in [6, 6.07) is 6.47. The van der Waals surface area contributed by atoms with Gasteiger partial charge in [0.2, 0.25) is 5.78 Å². The van der Waals surface area contributed by atoms with E-state index in [0.717, 1.165) is 31.7 Å². The quantitative estimate of drug-likeness (QED) is 0.615. The van der Waals surface area contributed by atoms with Crippen LogP contribution in [0, 0.1) is 0 Å². The number of aliphatic hydroxyl groups excluding tert-OH is 1. The van der Waals surface area contributed by atoms with Crippen molar-refractivity contribution in [3.63, 3.8) is 0 Å². The summed E-state index contributed by atoms with van der Waals surface area (Å²) >= 11 is 6.25. The highest BCUT2D eigenvalue weighted by molar-refractivity contribution is 6.31. The molecule has 0 aliphatic carbocycles. The number of benzene rings is 2. The van der Waals surface area contributed by atoms with E-state index < -0.39 is 0 Å². The number of rotatable bonds is 5. The number of fused-ring (bicyclic) bond motifs is 2. The number of nitrogens with zero attached hydrogens (tertiary/aromatic N) is 1. The lowest BCUT2D eigenvalue weighted by molar-refractivity contribution is -0.918. The topological polar surface area (TPSA) is 95.7 Å². The Hall–Kier alpha value is -2.62. The average molecular weight is 473 g/mol. The van der Waals surface area contributed by atoms with Crippen molar-refractivity contribution >= 4 is 23.5 Å². The molecule has 0 unspecified atom stereocenters. The van der Waals surface area contributed by atoms with Gasteiger partial charge in [-0.25, -0.2) is 0 Å². The number of allylic oxidation sites excluding steroid dienone is 1. The number of hydrogen-bond acceptors (Lipinski definition) is 7. The number of quaternary nitrogens is 1. The predicted molar refractivity (Wildman–Crippen MR) is 118 cm³/mol. The van der Waals surface area contributed by atoms with E-state index in [-0.39, 0.29) is 30.7 Å². The Morgan fingerprint density at radius 2 is 2.03 bits per heavy atom. The van der Waals surface area contributed by atoms with Gasteiger partial charge in [0.1, 0.15) is 18.0 Å². The van der Waals surface area contributed by atoms with E-state index >= 15 is 0 Å². The van der Waals surface area contributed by atoms with Crippen LogP contribution in [0.15, 0.2) is 30.0 Å². The number of carbonyl (C=O) groups is 1. The number of ether oxygens (including phenoxy) is 3. The van der Waals surface area contributed by atoms with Crippen molar-refractivity contribution in [3.05, 3.63) is 57.3 Å². The zero-order chi connectivity index (χ0) is 22.9. The minimum atomic E-state index is -0.269. The normalized spacial score (nSPS) is 19.8. The number of carbonyl (C=O) groups excluding carboxylic acids is 1. The zero-order valence-electron chi connectivity index (χ0n) is 18.1. The van der Waals surface area contributed by atoms with Crippen LogP contribution in [-0.2, 0) is 17.9 Å². The predicted octanol–water partition coefficient (Wildman–Crippen LogP) is 0.589. The highest BCUT2D eigenvalue weighted by Gasteiger charge is 2.32. The standard InChI is InChI=1S/C24H25ClN2O6/c25-17-9-15(23-16(10-17)13-31-14-32-23)11-21-22(30)18-1-2-20(29)19(24(18)33-21)12-27-5-3-26(4-6-27)7-8-28/h1-2,9-11,28-29H,3-8,12-14H2. The molecular weight excluding hydrogens is 448 g/mol. The van der Waals surface area contributed by atoms with E-state index in [1.807, 2.05) is 0 Å². The SMILES string of the molecule is O=C1C(=Cc2cc(Cl)cc3c2OCOC3)Oc2c1ccc([O-])c2C[NH+]1CCN(CCO)CC1. The number of nitrogens with one attached hydrogen (secondary N) is 1. The summed E-state index contributed by atoms with van der Waals surface area (Å²) in [7, 11) is 0. The third-order valence-corrected chi connectivity index (χ3v) is 6.51. The first-order valence-electron chi connectivity index (χ1n) is 11.0. The van der Waals surface area contributed by atoms with Crippen LogP contribution in [0.1, 0.15) is 27.0 Å². The molecule has 174 valence electrons. The molecule has 3 aliphatic rings. The Morgan fingerprint density at radius 3 is 2.82 bits per heavy atom. The van der Waals surface area contributed by atoms with E-state index in [0.29, 0.717) is 52.9 Å². The van der Waals surface area contributed by atoms with Crippen LogP contribution >= 0.6 is 11.6 Å². The first-order valence-corrected chi connectivity index (χ1v) is 11.4. The van der Waals surface area contributed by atoms with Crippen LogP contribution in [0.2, 0.25) is 5.02 Å². The van der Waals surface area contributed by atoms with E-state index in [1.54, 1.807) is 18.2 Å². The summed E-state index contributed by atoms with van der Waals surface area (Å²) in [5, 5.41) is 22.3. The summed E-state index contributed by atoms with van der Waals surface area (Å²) in [6.45, 7) is 5.21. The van der Waals surface area contributed by atoms with Gasteiger partial charge < -0.3 is 29.3 Å². The molecule has 1 fully saturated rings. The van der Waals surface area contributed by atoms with Gasteiger partial charge in [0.05, 0.1) is 31.9 Å². The fourth-order valence-corrected chi connectivity index (χ4v) is 4.82. The zero-order valence-corrected chi connectivity index (χ0v) is 18.8. The second-order valence-corrected chi connectivity index (χ2v) is 8.88. The first-order chi connectivity index (χ1) is 16.0. The molecule has 3 heterocycles. The molecule has 2 aromatic carbocycles. The molecular formula is C24H25ClN2O6. The average Bonchev–Trinajstić information content (AvgIpc) is 3.12. The van der Waals surface area contributed by atoms with E-state index in [2.05, 4.69) is 4.90 Å². The number of halogens is 1. The molecule has 0 amide bonds. The summed E-state index contributed by atoms with van der Waals surface area (Å²) in [5.41, 5.74) is 2.35. The third kappa shape index (κ3) is 4.45. The van der Waals surface area contributed by atoms with Crippen molar-refractivity contribution in [1.29, 1.82) is 0 Å². The van der Waals surface area contributed by atoms with Gasteiger partial charge in [-0.1, -0.05) is 23.4 Å². The van der Waals surface area contributed by atoms with Crippen LogP contribution in [0.4, 0.5) is 0 Å². The van der Waals surface area contributed by atoms with Gasteiger partial charge in [-0.2, -0.15) is 0 Å². The number of hydrogen-bond donors (Lipinski definition) is 2. The molecule has 0 radical (unpaired) electrons. The maximum atomic E-state index is 13.1. The molecule has 0 spiro atoms. The first kappa shape index (κ1) is 22.2. The van der Waals surface area contributed by atoms with Crippen LogP contribution in [0.5, 0.6) is 17.2 Å². The van der Waals surface area contributed by atoms with Gasteiger partial charge in [0, 0.05) is 41.3 Å². The van der Waals surface area contributed by atoms with E-state index in [4.69, 9.17) is 30.9 Å². The van der Waals surface area contributed by atoms with E-state index in [1.165, 1.54) is 17.0 Å². The number of piperazine rings is 1. The Bertz CT molecular complexity index is 1110. The minimum absolute atomic E-state index is 0.123. The molecule has 3 aliphatic heterocycles. The number of β-amino-alcohol motifs (C(OH)–C–C–N with tert-alkyl or cyclic N) is 1. The summed E-state index contributed by atoms with van der Waals surface area (Å²) in [6.07, 6.45) is 1.62. The Kier molecular flexibility index (Phi) is 6.27. The van der Waals surface area contributed by atoms with Crippen molar-refractivity contribution in [2.75, 3.05) is 46.1 Å². The van der Waals surface area contributed by atoms with Crippen molar-refractivity contribution in [2.45, 2.75) is 13.2 Å². The van der Waals surface area contributed by atoms with Crippen LogP contribution in [0.25, 0.3) is 6.08 Å². The molecule has 0 atom stereocenters. The molecule has 5 rings (SSSR count). The fraction of sp³-hybridized carbons (Fsp3) is 0.375. The largest absolute Gasteiger partial charge is 0.872 e. The second-order valence-electron chi connectivity index (χ2n) is 8.44. The Labute approximate surface area is 196 Å². The molecule has 0 aromatic heterocycles. The molecule has 1 saturated heterocycles. The maximum absolute atomic E-state index is 13.1. The lowest BCUT2D eigenvalue weighted by Gasteiger charge is -2.32. The molecule has 8 nitrogen and oxygen atoms in total. The van der Waals surface area contributed by atoms with Crippen molar-refractivity contribution in [2.24, 2.45) is 0 Å². The lowest BCUT2D eigenvalue weighted by Crippen LogP contribution is -3.13. The smallest absolute Gasteiger partial charge is 0.231 e. The van der Waals surface area contributed by atoms with Gasteiger partial charge in [-0.15, -0.1) is 0 Å². The molecule has 33 heavy (non-hydrogen) atoms. The van der Waals surface area contributed by atoms with Crippen LogP contribution in [-0.4, -0.2) is 61.9 Å². The molecule has 0 saturated carbocycles. The van der Waals surface area contributed by atoms with Gasteiger partial charge in [0.15, 0.2) is 12.6 Å². The molecule has 2 N–H and O–H groups in total. The molecule has 0 bridgehead atoms. The van der Waals surface area contributed by atoms with Crippen molar-refractivity contribution < 1.29 is 34.1 Å². The van der Waals surface area contributed by atoms with Crippen LogP contribution in [0.3, 0.4) is 0 Å². The summed E-state index contributed by atoms with van der Waals surface area (Å²) in [4.78, 5) is 16.5. The van der Waals surface area contributed by atoms with Gasteiger partial charge in [-0.3, -0.25) is 9.69 Å². The highest BCUT2D eigenvalue weighted by atomic mass is 35.5. The van der Waals surface area contributed by atoms with E-state index in [9.17, 15) is 9.90 Å². The molecule has 2 aromatic rings. The summed E-state index contributed by atoms with van der Waals surface area (Å²) < 4.78 is 16.9. The number of aliphatic hydroxyl groups is 1. The minimum Gasteiger partial charge on any atom is -0.872 e. The van der Waals surface area contributed by atoms with Gasteiger partial charge in [-0.05, 0) is 24.3 Å². The number of Topliss-reactive ketones (excluding diaryl/α,β-unsaturated/α-hetero) is 1. The molecule has 9 heteroatoms. The lowest BCUT2D eigenvalue weighted by atomic mass is 10.0. The number of ketones is 1. The van der Waals surface area contributed by atoms with Gasteiger partial charge >= 0.3 is 0 Å². The maximum Gasteiger partial charge on any atom is 0.231 e. The van der Waals surface area contributed by atoms with Crippen molar-refractivity contribution in [3.8, 4) is 17.2 Å². The van der Waals surface area contributed by atoms with Crippen LogP contribution < -0.4 is 19.5 Å². The van der Waals surface area contributed by atoms with Gasteiger partial charge in [0.25, 0.3) is 0 Å². The fourth-order valence-electron chi connectivity index (χ4n) is 4.57. The Morgan fingerprint density at radius 1 is 1.21 bits per heavy atom. The highest BCUT2D eigenvalue weighted by Crippen LogP contribution is 2.40. The Balaban J connectivity index is 1.41. The monoisotopic (exact) mass is 472 g/mol. The van der Waals surface area contributed by atoms with Crippen molar-refractivity contribution in [1.82, 2.24) is 4.90 Å². The summed E-state index contributed by atoms with van der Waals surface area (Å²) in [5.74, 6) is 0.701.